The molecule has 1 N–H and O–H groups in total. The normalized spacial score (nSPS) is 11.4. The molecule has 34 heavy (non-hydrogen) atoms. The van der Waals surface area contributed by atoms with Gasteiger partial charge in [0.15, 0.2) is 11.0 Å². The first-order valence-electron chi connectivity index (χ1n) is 10.9. The lowest BCUT2D eigenvalue weighted by Crippen LogP contribution is -2.16. The Morgan fingerprint density at radius 2 is 1.88 bits per heavy atom. The van der Waals surface area contributed by atoms with E-state index in [9.17, 15) is 9.59 Å². The molecule has 0 aliphatic heterocycles. The van der Waals surface area contributed by atoms with E-state index in [1.54, 1.807) is 17.6 Å². The number of carbonyl (C=O) groups excluding carboxylic acids is 2. The summed E-state index contributed by atoms with van der Waals surface area (Å²) in [5.74, 6) is 0.854. The van der Waals surface area contributed by atoms with Gasteiger partial charge in [0.1, 0.15) is 17.4 Å². The summed E-state index contributed by atoms with van der Waals surface area (Å²) in [6.07, 6.45) is 0. The maximum Gasteiger partial charge on any atom is 0.341 e. The zero-order valence-corrected chi connectivity index (χ0v) is 21.9. The molecular formula is C24H30N4O4S2. The highest BCUT2D eigenvalue weighted by Gasteiger charge is 2.19. The number of nitrogens with zero attached hydrogens (tertiary/aromatic N) is 3. The molecule has 0 fully saturated rings. The third-order valence-corrected chi connectivity index (χ3v) is 6.94. The molecule has 1 amide bonds. The quantitative estimate of drug-likeness (QED) is 0.326. The molecule has 0 spiro atoms. The van der Waals surface area contributed by atoms with Crippen molar-refractivity contribution >= 4 is 40.0 Å². The van der Waals surface area contributed by atoms with Crippen LogP contribution in [0.5, 0.6) is 5.75 Å². The van der Waals surface area contributed by atoms with E-state index in [0.717, 1.165) is 10.6 Å². The summed E-state index contributed by atoms with van der Waals surface area (Å²) >= 11 is 2.60. The highest BCUT2D eigenvalue weighted by molar-refractivity contribution is 7.99. The zero-order valence-electron chi connectivity index (χ0n) is 20.3. The van der Waals surface area contributed by atoms with Gasteiger partial charge in [-0.25, -0.2) is 4.79 Å². The number of ether oxygens (including phenoxy) is 2. The van der Waals surface area contributed by atoms with Crippen LogP contribution in [0.25, 0.3) is 0 Å². The van der Waals surface area contributed by atoms with Crippen LogP contribution in [0.1, 0.15) is 54.3 Å². The number of hydrogen-bond acceptors (Lipinski definition) is 8. The lowest BCUT2D eigenvalue weighted by Gasteiger charge is -2.19. The van der Waals surface area contributed by atoms with Crippen molar-refractivity contribution in [3.8, 4) is 5.75 Å². The second kappa shape index (κ2) is 11.1. The number of benzene rings is 1. The van der Waals surface area contributed by atoms with Gasteiger partial charge in [-0.3, -0.25) is 4.79 Å². The summed E-state index contributed by atoms with van der Waals surface area (Å²) in [4.78, 5) is 25.5. The van der Waals surface area contributed by atoms with Gasteiger partial charge in [0.2, 0.25) is 5.91 Å². The van der Waals surface area contributed by atoms with Crippen LogP contribution in [0.2, 0.25) is 0 Å². The molecule has 2 aromatic heterocycles. The topological polar surface area (TPSA) is 95.3 Å². The molecule has 0 saturated heterocycles. The number of aromatic nitrogens is 3. The molecule has 3 rings (SSSR count). The fraction of sp³-hybridized carbons (Fsp3) is 0.417. The number of amides is 1. The number of carbonyl (C=O) groups is 2. The van der Waals surface area contributed by atoms with Crippen molar-refractivity contribution in [1.29, 1.82) is 0 Å². The van der Waals surface area contributed by atoms with Gasteiger partial charge in [-0.05, 0) is 43.0 Å². The average Bonchev–Trinajstić information content (AvgIpc) is 3.32. The number of thioether (sulfide) groups is 1. The average molecular weight is 503 g/mol. The maximum absolute atomic E-state index is 12.5. The molecule has 0 aliphatic carbocycles. The van der Waals surface area contributed by atoms with Crippen molar-refractivity contribution in [3.05, 3.63) is 52.2 Å². The fourth-order valence-corrected chi connectivity index (χ4v) is 4.70. The van der Waals surface area contributed by atoms with Crippen molar-refractivity contribution in [2.75, 3.05) is 17.7 Å². The van der Waals surface area contributed by atoms with Crippen LogP contribution in [0.3, 0.4) is 0 Å². The van der Waals surface area contributed by atoms with E-state index in [0.29, 0.717) is 21.5 Å². The Morgan fingerprint density at radius 3 is 2.53 bits per heavy atom. The number of rotatable bonds is 9. The van der Waals surface area contributed by atoms with Crippen LogP contribution in [-0.4, -0.2) is 39.0 Å². The summed E-state index contributed by atoms with van der Waals surface area (Å²) in [7, 11) is 1.84. The van der Waals surface area contributed by atoms with E-state index in [1.807, 2.05) is 26.1 Å². The molecule has 0 saturated carbocycles. The lowest BCUT2D eigenvalue weighted by molar-refractivity contribution is -0.113. The standard InChI is InChI=1S/C24H30N4O4S2/c1-7-31-22(30)18-12-15(2)34-21(18)25-20(29)14-33-23-27-26-19(28(23)6)13-32-17-10-8-16(9-11-17)24(3,4)5/h8-12H,7,13-14H2,1-6H3,(H,25,29). The second-order valence-electron chi connectivity index (χ2n) is 8.68. The first-order valence-corrected chi connectivity index (χ1v) is 12.7. The van der Waals surface area contributed by atoms with Crippen LogP contribution in [0, 0.1) is 6.92 Å². The van der Waals surface area contributed by atoms with E-state index in [-0.39, 0.29) is 30.3 Å². The molecule has 182 valence electrons. The Labute approximate surface area is 208 Å². The molecule has 2 heterocycles. The van der Waals surface area contributed by atoms with Gasteiger partial charge in [-0.2, -0.15) is 0 Å². The number of esters is 1. The third kappa shape index (κ3) is 6.60. The van der Waals surface area contributed by atoms with Crippen molar-refractivity contribution in [2.45, 2.75) is 51.8 Å². The summed E-state index contributed by atoms with van der Waals surface area (Å²) in [6, 6.07) is 9.75. The summed E-state index contributed by atoms with van der Waals surface area (Å²) < 4.78 is 12.7. The van der Waals surface area contributed by atoms with Crippen LogP contribution < -0.4 is 10.1 Å². The minimum Gasteiger partial charge on any atom is -0.486 e. The highest BCUT2D eigenvalue weighted by atomic mass is 32.2. The number of nitrogens with one attached hydrogen (secondary N) is 1. The van der Waals surface area contributed by atoms with E-state index < -0.39 is 5.97 Å². The van der Waals surface area contributed by atoms with Crippen molar-refractivity contribution in [1.82, 2.24) is 14.8 Å². The fourth-order valence-electron chi connectivity index (χ4n) is 3.06. The molecule has 0 unspecified atom stereocenters. The van der Waals surface area contributed by atoms with Crippen molar-refractivity contribution in [3.63, 3.8) is 0 Å². The Kier molecular flexibility index (Phi) is 8.37. The van der Waals surface area contributed by atoms with Crippen LogP contribution in [-0.2, 0) is 28.6 Å². The number of hydrogen-bond donors (Lipinski definition) is 1. The molecular weight excluding hydrogens is 472 g/mol. The molecule has 0 atom stereocenters. The first kappa shape index (κ1) is 25.8. The van der Waals surface area contributed by atoms with Crippen LogP contribution in [0.15, 0.2) is 35.5 Å². The summed E-state index contributed by atoms with van der Waals surface area (Å²) in [6.45, 7) is 10.7. The van der Waals surface area contributed by atoms with Crippen LogP contribution in [0.4, 0.5) is 5.00 Å². The van der Waals surface area contributed by atoms with Gasteiger partial charge in [0, 0.05) is 11.9 Å². The Bertz CT molecular complexity index is 1150. The smallest absolute Gasteiger partial charge is 0.341 e. The van der Waals surface area contributed by atoms with E-state index in [1.165, 1.54) is 28.7 Å². The van der Waals surface area contributed by atoms with Gasteiger partial charge >= 0.3 is 5.97 Å². The van der Waals surface area contributed by atoms with Gasteiger partial charge in [0.25, 0.3) is 0 Å². The lowest BCUT2D eigenvalue weighted by atomic mass is 9.87. The number of anilines is 1. The second-order valence-corrected chi connectivity index (χ2v) is 10.9. The Morgan fingerprint density at radius 1 is 1.18 bits per heavy atom. The van der Waals surface area contributed by atoms with E-state index in [4.69, 9.17) is 9.47 Å². The maximum atomic E-state index is 12.5. The monoisotopic (exact) mass is 502 g/mol. The molecule has 0 bridgehead atoms. The van der Waals surface area contributed by atoms with Gasteiger partial charge in [-0.15, -0.1) is 21.5 Å². The summed E-state index contributed by atoms with van der Waals surface area (Å²) in [5.41, 5.74) is 1.70. The SMILES string of the molecule is CCOC(=O)c1cc(C)sc1NC(=O)CSc1nnc(COc2ccc(C(C)(C)C)cc2)n1C. The number of aryl methyl sites for hydroxylation is 1. The van der Waals surface area contributed by atoms with E-state index in [2.05, 4.69) is 48.4 Å². The molecule has 8 nitrogen and oxygen atoms in total. The molecule has 1 aromatic carbocycles. The van der Waals surface area contributed by atoms with Crippen LogP contribution >= 0.6 is 23.1 Å². The Hall–Kier alpha value is -2.85. The first-order chi connectivity index (χ1) is 16.1. The minimum atomic E-state index is -0.444. The molecule has 10 heteroatoms. The highest BCUT2D eigenvalue weighted by Crippen LogP contribution is 2.29. The van der Waals surface area contributed by atoms with E-state index >= 15 is 0 Å². The zero-order chi connectivity index (χ0) is 24.9. The predicted molar refractivity (Wildman–Crippen MR) is 135 cm³/mol. The number of thiophene rings is 1. The molecule has 0 radical (unpaired) electrons. The third-order valence-electron chi connectivity index (χ3n) is 4.95. The predicted octanol–water partition coefficient (Wildman–Crippen LogP) is 4.97. The van der Waals surface area contributed by atoms with Crippen molar-refractivity contribution < 1.29 is 19.1 Å². The Balaban J connectivity index is 1.55. The molecule has 0 aliphatic rings. The minimum absolute atomic E-state index is 0.0866. The largest absolute Gasteiger partial charge is 0.486 e. The van der Waals surface area contributed by atoms with Gasteiger partial charge in [-0.1, -0.05) is 44.7 Å². The van der Waals surface area contributed by atoms with Gasteiger partial charge < -0.3 is 19.4 Å². The van der Waals surface area contributed by atoms with Crippen molar-refractivity contribution in [2.24, 2.45) is 7.05 Å². The molecule has 3 aromatic rings. The van der Waals surface area contributed by atoms with Gasteiger partial charge in [0.05, 0.1) is 17.9 Å². The summed E-state index contributed by atoms with van der Waals surface area (Å²) in [5, 5.41) is 12.3.